The van der Waals surface area contributed by atoms with Gasteiger partial charge in [-0.05, 0) is 92.2 Å². The maximum Gasteiger partial charge on any atom is 0.408 e. The minimum Gasteiger partial charge on any atom is -0.444 e. The molecule has 4 N–H and O–H groups in total. The summed E-state index contributed by atoms with van der Waals surface area (Å²) in [4.78, 5) is 54.4. The van der Waals surface area contributed by atoms with Crippen LogP contribution in [0.5, 0.6) is 0 Å². The highest BCUT2D eigenvalue weighted by Crippen LogP contribution is 2.31. The molecule has 0 saturated carbocycles. The van der Waals surface area contributed by atoms with E-state index in [-0.39, 0.29) is 5.91 Å². The van der Waals surface area contributed by atoms with Crippen LogP contribution in [0.1, 0.15) is 104 Å². The molecule has 9 heteroatoms. The molecule has 1 rings (SSSR count). The first kappa shape index (κ1) is 33.9. The molecule has 0 aliphatic carbocycles. The van der Waals surface area contributed by atoms with Crippen molar-refractivity contribution >= 4 is 23.8 Å². The molecule has 0 aliphatic rings. The molecule has 0 fully saturated rings. The number of rotatable bonds is 11. The lowest BCUT2D eigenvalue weighted by molar-refractivity contribution is -0.146. The largest absolute Gasteiger partial charge is 0.444 e. The van der Waals surface area contributed by atoms with Gasteiger partial charge >= 0.3 is 6.09 Å². The minimum atomic E-state index is -1.31. The third-order valence-corrected chi connectivity index (χ3v) is 6.03. The van der Waals surface area contributed by atoms with Crippen LogP contribution in [-0.4, -0.2) is 51.9 Å². The number of aryl methyl sites for hydroxylation is 2. The smallest absolute Gasteiger partial charge is 0.408 e. The third kappa shape index (κ3) is 11.7. The number of hydrogen-bond acceptors (Lipinski definition) is 5. The molecule has 0 saturated heterocycles. The number of ether oxygens (including phenoxy) is 1. The van der Waals surface area contributed by atoms with Gasteiger partial charge in [-0.15, -0.1) is 0 Å². The highest BCUT2D eigenvalue weighted by atomic mass is 16.6. The van der Waals surface area contributed by atoms with Crippen molar-refractivity contribution in [3.8, 4) is 0 Å². The van der Waals surface area contributed by atoms with E-state index < -0.39 is 53.6 Å². The molecule has 0 radical (unpaired) electrons. The van der Waals surface area contributed by atoms with E-state index in [1.807, 2.05) is 59.7 Å². The second kappa shape index (κ2) is 13.8. The van der Waals surface area contributed by atoms with Gasteiger partial charge in [-0.25, -0.2) is 4.79 Å². The van der Waals surface area contributed by atoms with Crippen LogP contribution in [0.2, 0.25) is 0 Å². The van der Waals surface area contributed by atoms with E-state index >= 15 is 0 Å². The second-order valence-electron chi connectivity index (χ2n) is 12.9. The van der Waals surface area contributed by atoms with E-state index in [2.05, 4.69) is 24.5 Å². The normalized spacial score (nSPS) is 14.3. The fraction of sp³-hybridized carbons (Fsp3) is 0.667. The van der Waals surface area contributed by atoms with Crippen molar-refractivity contribution in [2.75, 3.05) is 0 Å². The number of amides is 4. The fourth-order valence-corrected chi connectivity index (χ4v) is 4.33. The number of nitrogens with zero attached hydrogens (tertiary/aromatic N) is 1. The van der Waals surface area contributed by atoms with E-state index in [0.717, 1.165) is 17.5 Å². The van der Waals surface area contributed by atoms with Gasteiger partial charge in [0.1, 0.15) is 17.7 Å². The summed E-state index contributed by atoms with van der Waals surface area (Å²) >= 11 is 0. The van der Waals surface area contributed by atoms with Crippen LogP contribution < -0.4 is 16.4 Å². The molecular weight excluding hydrogens is 496 g/mol. The van der Waals surface area contributed by atoms with Crippen molar-refractivity contribution < 1.29 is 23.9 Å². The molecule has 9 nitrogen and oxygen atoms in total. The Morgan fingerprint density at radius 1 is 0.974 bits per heavy atom. The van der Waals surface area contributed by atoms with Gasteiger partial charge < -0.3 is 26.0 Å². The molecule has 1 aromatic carbocycles. The monoisotopic (exact) mass is 546 g/mol. The van der Waals surface area contributed by atoms with Crippen molar-refractivity contribution in [1.29, 1.82) is 0 Å². The van der Waals surface area contributed by atoms with Crippen LogP contribution >= 0.6 is 0 Å². The van der Waals surface area contributed by atoms with Crippen molar-refractivity contribution in [2.45, 2.75) is 125 Å². The van der Waals surface area contributed by atoms with Gasteiger partial charge in [0.25, 0.3) is 0 Å². The van der Waals surface area contributed by atoms with Gasteiger partial charge in [0.05, 0.1) is 6.42 Å². The fourth-order valence-electron chi connectivity index (χ4n) is 4.33. The molecular formula is C30H50N4O5. The van der Waals surface area contributed by atoms with E-state index in [1.165, 1.54) is 4.90 Å². The maximum atomic E-state index is 14.3. The Labute approximate surface area is 234 Å². The first-order chi connectivity index (χ1) is 17.7. The summed E-state index contributed by atoms with van der Waals surface area (Å²) in [6.07, 6.45) is 0.139. The molecule has 4 amide bonds. The van der Waals surface area contributed by atoms with Crippen LogP contribution in [0, 0.1) is 19.8 Å². The highest BCUT2D eigenvalue weighted by molar-refractivity contribution is 5.95. The molecule has 0 spiro atoms. The molecule has 1 aromatic rings. The summed E-state index contributed by atoms with van der Waals surface area (Å²) in [6, 6.07) is 3.02. The van der Waals surface area contributed by atoms with Crippen molar-refractivity contribution in [3.05, 3.63) is 34.9 Å². The SMILES string of the molecule is Cc1ccc(C(C(=O)NC(C)(C)C)N(C(=O)C(CC(N)=O)NC(=O)OC(C)(C)C)C(C)CCC(C)C)c(C)c1. The summed E-state index contributed by atoms with van der Waals surface area (Å²) in [5.41, 5.74) is 6.66. The second-order valence-corrected chi connectivity index (χ2v) is 12.9. The lowest BCUT2D eigenvalue weighted by Gasteiger charge is -2.40. The first-order valence-corrected chi connectivity index (χ1v) is 13.7. The van der Waals surface area contributed by atoms with Crippen molar-refractivity contribution in [1.82, 2.24) is 15.5 Å². The predicted molar refractivity (Wildman–Crippen MR) is 154 cm³/mol. The van der Waals surface area contributed by atoms with Crippen molar-refractivity contribution in [3.63, 3.8) is 0 Å². The Morgan fingerprint density at radius 3 is 2.03 bits per heavy atom. The molecule has 0 bridgehead atoms. The summed E-state index contributed by atoms with van der Waals surface area (Å²) < 4.78 is 5.36. The lowest BCUT2D eigenvalue weighted by Crippen LogP contribution is -2.57. The van der Waals surface area contributed by atoms with Crippen LogP contribution in [0.3, 0.4) is 0 Å². The summed E-state index contributed by atoms with van der Waals surface area (Å²) in [6.45, 7) is 20.6. The molecule has 3 unspecified atom stereocenters. The Morgan fingerprint density at radius 2 is 1.56 bits per heavy atom. The summed E-state index contributed by atoms with van der Waals surface area (Å²) in [5, 5.41) is 5.57. The highest BCUT2D eigenvalue weighted by Gasteiger charge is 2.40. The van der Waals surface area contributed by atoms with Crippen LogP contribution in [0.25, 0.3) is 0 Å². The number of nitrogens with two attached hydrogens (primary N) is 1. The molecule has 3 atom stereocenters. The van der Waals surface area contributed by atoms with Gasteiger partial charge in [-0.2, -0.15) is 0 Å². The zero-order valence-electron chi connectivity index (χ0n) is 25.7. The zero-order valence-corrected chi connectivity index (χ0v) is 25.7. The lowest BCUT2D eigenvalue weighted by atomic mass is 9.93. The number of alkyl carbamates (subject to hydrolysis) is 1. The van der Waals surface area contributed by atoms with E-state index in [9.17, 15) is 19.2 Å². The summed E-state index contributed by atoms with van der Waals surface area (Å²) in [7, 11) is 0. The Hall–Kier alpha value is -3.10. The van der Waals surface area contributed by atoms with Crippen molar-refractivity contribution in [2.24, 2.45) is 11.7 Å². The predicted octanol–water partition coefficient (Wildman–Crippen LogP) is 4.68. The number of benzene rings is 1. The molecule has 0 aliphatic heterocycles. The Kier molecular flexibility index (Phi) is 12.0. The van der Waals surface area contributed by atoms with Gasteiger partial charge in [-0.1, -0.05) is 37.6 Å². The maximum absolute atomic E-state index is 14.3. The van der Waals surface area contributed by atoms with Crippen LogP contribution in [-0.2, 0) is 19.1 Å². The third-order valence-electron chi connectivity index (χ3n) is 6.03. The average Bonchev–Trinajstić information content (AvgIpc) is 2.72. The summed E-state index contributed by atoms with van der Waals surface area (Å²) in [5.74, 6) is -1.32. The zero-order chi connectivity index (χ0) is 30.3. The standard InChI is InChI=1S/C30H50N4O5/c1-18(2)12-14-21(5)34(27(37)23(17-24(31)35)32-28(38)39-30(9,10)11)25(26(36)33-29(6,7)8)22-15-13-19(3)16-20(22)4/h13,15-16,18,21,23,25H,12,14,17H2,1-11H3,(H2,31,35)(H,32,38)(H,33,36). The van der Waals surface area contributed by atoms with Gasteiger partial charge in [0.15, 0.2) is 0 Å². The molecule has 0 heterocycles. The number of primary amides is 1. The van der Waals surface area contributed by atoms with E-state index in [1.54, 1.807) is 20.8 Å². The van der Waals surface area contributed by atoms with Crippen LogP contribution in [0.4, 0.5) is 4.79 Å². The molecule has 0 aromatic heterocycles. The Bertz CT molecular complexity index is 1020. The molecule has 220 valence electrons. The Balaban J connectivity index is 3.75. The van der Waals surface area contributed by atoms with E-state index in [0.29, 0.717) is 17.9 Å². The molecule has 39 heavy (non-hydrogen) atoms. The van der Waals surface area contributed by atoms with Crippen LogP contribution in [0.15, 0.2) is 18.2 Å². The number of hydrogen-bond donors (Lipinski definition) is 3. The number of carbonyl (C=O) groups is 4. The number of nitrogens with one attached hydrogen (secondary N) is 2. The van der Waals surface area contributed by atoms with Gasteiger partial charge in [0, 0.05) is 11.6 Å². The quantitative estimate of drug-likeness (QED) is 0.371. The minimum absolute atomic E-state index is 0.353. The van der Waals surface area contributed by atoms with Gasteiger partial charge in [-0.3, -0.25) is 14.4 Å². The first-order valence-electron chi connectivity index (χ1n) is 13.7. The van der Waals surface area contributed by atoms with Gasteiger partial charge in [0.2, 0.25) is 17.7 Å². The van der Waals surface area contributed by atoms with E-state index in [4.69, 9.17) is 10.5 Å². The topological polar surface area (TPSA) is 131 Å². The number of carbonyl (C=O) groups excluding carboxylic acids is 4. The average molecular weight is 547 g/mol.